The first-order valence-electron chi connectivity index (χ1n) is 7.40. The van der Waals surface area contributed by atoms with Gasteiger partial charge in [0.1, 0.15) is 0 Å². The molecule has 0 aromatic carbocycles. The van der Waals surface area contributed by atoms with Gasteiger partial charge in [-0.05, 0) is 48.5 Å². The predicted octanol–water partition coefficient (Wildman–Crippen LogP) is 4.32. The Bertz CT molecular complexity index is 436. The zero-order valence-corrected chi connectivity index (χ0v) is 15.9. The van der Waals surface area contributed by atoms with E-state index < -0.39 is 0 Å². The standard InChI is InChI=1S/4C5H5N.Pt/c4*1-2-4-6-5-3-1;/h4*1-5H;. The van der Waals surface area contributed by atoms with Gasteiger partial charge in [0, 0.05) is 70.6 Å². The van der Waals surface area contributed by atoms with Crippen LogP contribution in [0.2, 0.25) is 0 Å². The van der Waals surface area contributed by atoms with Gasteiger partial charge in [0.25, 0.3) is 0 Å². The number of hydrogen-bond donors (Lipinski definition) is 0. The molecule has 0 fully saturated rings. The quantitative estimate of drug-likeness (QED) is 0.353. The fourth-order valence-electron chi connectivity index (χ4n) is 1.25. The molecule has 4 aromatic heterocycles. The largest absolute Gasteiger partial charge is 0.265 e. The summed E-state index contributed by atoms with van der Waals surface area (Å²) >= 11 is 0. The molecule has 4 heterocycles. The summed E-state index contributed by atoms with van der Waals surface area (Å²) in [4.78, 5) is 15.1. The summed E-state index contributed by atoms with van der Waals surface area (Å²) in [6.07, 6.45) is 14.0. The number of aromatic nitrogens is 4. The van der Waals surface area contributed by atoms with Crippen LogP contribution in [0.1, 0.15) is 0 Å². The zero-order valence-electron chi connectivity index (χ0n) is 13.7. The van der Waals surface area contributed by atoms with Crippen LogP contribution in [0.25, 0.3) is 0 Å². The van der Waals surface area contributed by atoms with Crippen molar-refractivity contribution in [2.75, 3.05) is 0 Å². The van der Waals surface area contributed by atoms with Gasteiger partial charge in [0.15, 0.2) is 0 Å². The van der Waals surface area contributed by atoms with Crippen molar-refractivity contribution in [2.24, 2.45) is 0 Å². The molecule has 0 bridgehead atoms. The van der Waals surface area contributed by atoms with Crippen LogP contribution in [0.4, 0.5) is 0 Å². The van der Waals surface area contributed by atoms with E-state index in [9.17, 15) is 0 Å². The van der Waals surface area contributed by atoms with Gasteiger partial charge in [-0.25, -0.2) is 0 Å². The number of rotatable bonds is 0. The SMILES string of the molecule is [Pt].c1ccncc1.c1ccncc1.c1ccncc1.c1ccncc1. The summed E-state index contributed by atoms with van der Waals surface area (Å²) < 4.78 is 0. The van der Waals surface area contributed by atoms with Gasteiger partial charge in [-0.2, -0.15) is 0 Å². The second kappa shape index (κ2) is 19.3. The fraction of sp³-hybridized carbons (Fsp3) is 0. The molecule has 0 N–H and O–H groups in total. The van der Waals surface area contributed by atoms with Crippen molar-refractivity contribution in [3.8, 4) is 0 Å². The second-order valence-corrected chi connectivity index (χ2v) is 4.10. The summed E-state index contributed by atoms with van der Waals surface area (Å²) in [6.45, 7) is 0. The maximum atomic E-state index is 3.78. The van der Waals surface area contributed by atoms with Crippen LogP contribution >= 0.6 is 0 Å². The third-order valence-corrected chi connectivity index (χ3v) is 2.27. The average molecular weight is 511 g/mol. The maximum absolute atomic E-state index is 3.78. The number of nitrogens with zero attached hydrogens (tertiary/aromatic N) is 4. The first-order valence-corrected chi connectivity index (χ1v) is 7.40. The Morgan fingerprint density at radius 1 is 0.240 bits per heavy atom. The van der Waals surface area contributed by atoms with Crippen LogP contribution < -0.4 is 0 Å². The van der Waals surface area contributed by atoms with Gasteiger partial charge < -0.3 is 0 Å². The zero-order chi connectivity index (χ0) is 17.0. The Morgan fingerprint density at radius 2 is 0.400 bits per heavy atom. The molecule has 0 aliphatic heterocycles. The van der Waals surface area contributed by atoms with Crippen LogP contribution in [0.15, 0.2) is 122 Å². The molecule has 0 spiro atoms. The van der Waals surface area contributed by atoms with E-state index in [-0.39, 0.29) is 21.1 Å². The molecule has 130 valence electrons. The normalized spacial score (nSPS) is 7.68. The minimum absolute atomic E-state index is 0. The minimum atomic E-state index is 0. The van der Waals surface area contributed by atoms with Crippen LogP contribution in [0.3, 0.4) is 0 Å². The molecule has 5 heteroatoms. The van der Waals surface area contributed by atoms with Gasteiger partial charge in [-0.1, -0.05) is 24.3 Å². The second-order valence-electron chi connectivity index (χ2n) is 4.10. The smallest absolute Gasteiger partial charge is 0.0267 e. The molecule has 0 aliphatic carbocycles. The monoisotopic (exact) mass is 511 g/mol. The molecule has 4 nitrogen and oxygen atoms in total. The first-order chi connectivity index (χ1) is 12.0. The van der Waals surface area contributed by atoms with Crippen LogP contribution in [0.5, 0.6) is 0 Å². The Morgan fingerprint density at radius 3 is 0.440 bits per heavy atom. The van der Waals surface area contributed by atoms with E-state index in [0.717, 1.165) is 0 Å². The van der Waals surface area contributed by atoms with Crippen LogP contribution in [0, 0.1) is 0 Å². The van der Waals surface area contributed by atoms with Crippen molar-refractivity contribution in [3.05, 3.63) is 122 Å². The van der Waals surface area contributed by atoms with Crippen molar-refractivity contribution in [2.45, 2.75) is 0 Å². The van der Waals surface area contributed by atoms with Crippen LogP contribution in [-0.4, -0.2) is 19.9 Å². The van der Waals surface area contributed by atoms with Gasteiger partial charge in [0.2, 0.25) is 0 Å². The molecule has 0 amide bonds. The van der Waals surface area contributed by atoms with Crippen molar-refractivity contribution in [3.63, 3.8) is 0 Å². The van der Waals surface area contributed by atoms with Gasteiger partial charge in [0.05, 0.1) is 0 Å². The molecule has 0 saturated heterocycles. The molecular weight excluding hydrogens is 491 g/mol. The summed E-state index contributed by atoms with van der Waals surface area (Å²) in [6, 6.07) is 22.9. The molecule has 0 radical (unpaired) electrons. The predicted molar refractivity (Wildman–Crippen MR) is 96.9 cm³/mol. The Hall–Kier alpha value is -2.71. The van der Waals surface area contributed by atoms with E-state index in [2.05, 4.69) is 19.9 Å². The molecule has 0 atom stereocenters. The number of hydrogen-bond acceptors (Lipinski definition) is 4. The van der Waals surface area contributed by atoms with E-state index in [1.165, 1.54) is 0 Å². The third kappa shape index (κ3) is 17.5. The van der Waals surface area contributed by atoms with Crippen molar-refractivity contribution in [1.82, 2.24) is 19.9 Å². The van der Waals surface area contributed by atoms with E-state index in [1.54, 1.807) is 49.6 Å². The first kappa shape index (κ1) is 22.3. The van der Waals surface area contributed by atoms with Gasteiger partial charge >= 0.3 is 0 Å². The summed E-state index contributed by atoms with van der Waals surface area (Å²) in [5.74, 6) is 0. The number of pyridine rings is 4. The van der Waals surface area contributed by atoms with Gasteiger partial charge in [-0.15, -0.1) is 0 Å². The summed E-state index contributed by atoms with van der Waals surface area (Å²) in [7, 11) is 0. The molecule has 0 unspecified atom stereocenters. The Kier molecular flexibility index (Phi) is 17.2. The minimum Gasteiger partial charge on any atom is -0.265 e. The van der Waals surface area contributed by atoms with Crippen molar-refractivity contribution >= 4 is 0 Å². The molecule has 0 saturated carbocycles. The van der Waals surface area contributed by atoms with Crippen molar-refractivity contribution < 1.29 is 21.1 Å². The van der Waals surface area contributed by atoms with E-state index in [1.807, 2.05) is 72.8 Å². The average Bonchev–Trinajstić information content (AvgIpc) is 2.75. The molecule has 25 heavy (non-hydrogen) atoms. The van der Waals surface area contributed by atoms with Crippen LogP contribution in [-0.2, 0) is 21.1 Å². The van der Waals surface area contributed by atoms with E-state index >= 15 is 0 Å². The molecule has 0 aliphatic rings. The van der Waals surface area contributed by atoms with Crippen molar-refractivity contribution in [1.29, 1.82) is 0 Å². The Balaban J connectivity index is 0.000000303. The summed E-state index contributed by atoms with van der Waals surface area (Å²) in [5, 5.41) is 0. The topological polar surface area (TPSA) is 51.6 Å². The fourth-order valence-corrected chi connectivity index (χ4v) is 1.25. The Labute approximate surface area is 163 Å². The molecule has 4 aromatic rings. The van der Waals surface area contributed by atoms with Gasteiger partial charge in [-0.3, -0.25) is 19.9 Å². The maximum Gasteiger partial charge on any atom is 0.0267 e. The van der Waals surface area contributed by atoms with E-state index in [4.69, 9.17) is 0 Å². The molecule has 4 rings (SSSR count). The van der Waals surface area contributed by atoms with E-state index in [0.29, 0.717) is 0 Å². The third-order valence-electron chi connectivity index (χ3n) is 2.27. The molecular formula is C20H20N4Pt. The summed E-state index contributed by atoms with van der Waals surface area (Å²) in [5.41, 5.74) is 0.